The molecular weight excluding hydrogens is 370 g/mol. The Morgan fingerprint density at radius 1 is 1.00 bits per heavy atom. The number of benzene rings is 2. The Bertz CT molecular complexity index is 847. The van der Waals surface area contributed by atoms with Gasteiger partial charge in [-0.15, -0.1) is 0 Å². The minimum atomic E-state index is -0.945. The van der Waals surface area contributed by atoms with Crippen molar-refractivity contribution in [1.82, 2.24) is 4.90 Å². The Morgan fingerprint density at radius 3 is 2.29 bits per heavy atom. The van der Waals surface area contributed by atoms with Crippen LogP contribution >= 0.6 is 0 Å². The SMILES string of the molecule is COc1ccccc1N1CCN(C(=O)COC(=O)c2cc(F)cc(F)c2)CC1. The third kappa shape index (κ3) is 4.57. The van der Waals surface area contributed by atoms with E-state index in [-0.39, 0.29) is 11.5 Å². The van der Waals surface area contributed by atoms with Gasteiger partial charge in [0.2, 0.25) is 0 Å². The third-order valence-corrected chi connectivity index (χ3v) is 4.48. The van der Waals surface area contributed by atoms with Crippen LogP contribution in [0.2, 0.25) is 0 Å². The van der Waals surface area contributed by atoms with Gasteiger partial charge in [0, 0.05) is 32.2 Å². The number of rotatable bonds is 5. The van der Waals surface area contributed by atoms with Crippen LogP contribution in [0.3, 0.4) is 0 Å². The number of halogens is 2. The lowest BCUT2D eigenvalue weighted by atomic mass is 10.2. The molecule has 1 saturated heterocycles. The molecule has 1 aliphatic rings. The molecule has 0 unspecified atom stereocenters. The molecule has 0 spiro atoms. The van der Waals surface area contributed by atoms with Crippen molar-refractivity contribution in [1.29, 1.82) is 0 Å². The lowest BCUT2D eigenvalue weighted by Crippen LogP contribution is -2.50. The van der Waals surface area contributed by atoms with Crippen LogP contribution in [-0.4, -0.2) is 56.7 Å². The van der Waals surface area contributed by atoms with E-state index in [1.54, 1.807) is 12.0 Å². The van der Waals surface area contributed by atoms with Crippen molar-refractivity contribution in [2.75, 3.05) is 44.8 Å². The van der Waals surface area contributed by atoms with Crippen LogP contribution in [0.1, 0.15) is 10.4 Å². The van der Waals surface area contributed by atoms with Crippen molar-refractivity contribution >= 4 is 17.6 Å². The third-order valence-electron chi connectivity index (χ3n) is 4.48. The Morgan fingerprint density at radius 2 is 1.64 bits per heavy atom. The van der Waals surface area contributed by atoms with E-state index in [4.69, 9.17) is 9.47 Å². The summed E-state index contributed by atoms with van der Waals surface area (Å²) in [6.07, 6.45) is 0. The van der Waals surface area contributed by atoms with Crippen molar-refractivity contribution in [2.45, 2.75) is 0 Å². The average Bonchev–Trinajstić information content (AvgIpc) is 2.71. The summed E-state index contributed by atoms with van der Waals surface area (Å²) >= 11 is 0. The summed E-state index contributed by atoms with van der Waals surface area (Å²) in [5, 5.41) is 0. The first-order valence-corrected chi connectivity index (χ1v) is 8.77. The van der Waals surface area contributed by atoms with E-state index in [9.17, 15) is 18.4 Å². The molecule has 0 atom stereocenters. The van der Waals surface area contributed by atoms with Gasteiger partial charge in [-0.25, -0.2) is 13.6 Å². The molecule has 1 amide bonds. The zero-order chi connectivity index (χ0) is 20.1. The molecule has 6 nitrogen and oxygen atoms in total. The van der Waals surface area contributed by atoms with Gasteiger partial charge in [0.25, 0.3) is 5.91 Å². The van der Waals surface area contributed by atoms with Crippen molar-refractivity contribution < 1.29 is 27.8 Å². The van der Waals surface area contributed by atoms with Gasteiger partial charge in [-0.2, -0.15) is 0 Å². The van der Waals surface area contributed by atoms with E-state index in [0.717, 1.165) is 23.6 Å². The van der Waals surface area contributed by atoms with Gasteiger partial charge in [-0.05, 0) is 24.3 Å². The smallest absolute Gasteiger partial charge is 0.338 e. The Balaban J connectivity index is 1.52. The molecule has 1 fully saturated rings. The van der Waals surface area contributed by atoms with Gasteiger partial charge in [0.15, 0.2) is 6.61 Å². The summed E-state index contributed by atoms with van der Waals surface area (Å²) in [7, 11) is 1.61. The first-order chi connectivity index (χ1) is 13.5. The van der Waals surface area contributed by atoms with E-state index in [0.29, 0.717) is 32.2 Å². The quantitative estimate of drug-likeness (QED) is 0.735. The van der Waals surface area contributed by atoms with Crippen LogP contribution < -0.4 is 9.64 Å². The van der Waals surface area contributed by atoms with Crippen LogP contribution in [-0.2, 0) is 9.53 Å². The molecule has 0 aliphatic carbocycles. The van der Waals surface area contributed by atoms with Crippen molar-refractivity contribution in [2.24, 2.45) is 0 Å². The molecule has 1 heterocycles. The molecule has 8 heteroatoms. The van der Waals surface area contributed by atoms with E-state index in [1.165, 1.54) is 0 Å². The van der Waals surface area contributed by atoms with E-state index < -0.39 is 24.2 Å². The maximum absolute atomic E-state index is 13.2. The lowest BCUT2D eigenvalue weighted by molar-refractivity contribution is -0.134. The number of carbonyl (C=O) groups excluding carboxylic acids is 2. The fourth-order valence-corrected chi connectivity index (χ4v) is 3.06. The zero-order valence-corrected chi connectivity index (χ0v) is 15.4. The van der Waals surface area contributed by atoms with Crippen LogP contribution in [0.15, 0.2) is 42.5 Å². The molecule has 2 aromatic rings. The molecule has 148 valence electrons. The second-order valence-corrected chi connectivity index (χ2v) is 6.27. The van der Waals surface area contributed by atoms with Gasteiger partial charge in [0.05, 0.1) is 18.4 Å². The highest BCUT2D eigenvalue weighted by molar-refractivity contribution is 5.91. The first kappa shape index (κ1) is 19.6. The fourth-order valence-electron chi connectivity index (χ4n) is 3.06. The predicted octanol–water partition coefficient (Wildman–Crippen LogP) is 2.48. The molecule has 0 saturated carbocycles. The summed E-state index contributed by atoms with van der Waals surface area (Å²) in [5.41, 5.74) is 0.683. The van der Waals surface area contributed by atoms with Gasteiger partial charge < -0.3 is 19.3 Å². The van der Waals surface area contributed by atoms with Crippen LogP contribution in [0.5, 0.6) is 5.75 Å². The maximum Gasteiger partial charge on any atom is 0.338 e. The Kier molecular flexibility index (Phi) is 6.08. The Labute approximate surface area is 161 Å². The van der Waals surface area contributed by atoms with Gasteiger partial charge in [-0.3, -0.25) is 4.79 Å². The van der Waals surface area contributed by atoms with Gasteiger partial charge in [-0.1, -0.05) is 12.1 Å². The number of methoxy groups -OCH3 is 1. The standard InChI is InChI=1S/C20H20F2N2O4/c1-27-18-5-3-2-4-17(18)23-6-8-24(9-7-23)19(25)13-28-20(26)14-10-15(21)12-16(22)11-14/h2-5,10-12H,6-9,13H2,1H3. The summed E-state index contributed by atoms with van der Waals surface area (Å²) in [6, 6.07) is 10.0. The summed E-state index contributed by atoms with van der Waals surface area (Å²) < 4.78 is 36.6. The molecule has 0 N–H and O–H groups in total. The zero-order valence-electron chi connectivity index (χ0n) is 15.4. The molecule has 0 radical (unpaired) electrons. The number of nitrogens with zero attached hydrogens (tertiary/aromatic N) is 2. The first-order valence-electron chi connectivity index (χ1n) is 8.77. The van der Waals surface area contributed by atoms with Gasteiger partial charge >= 0.3 is 5.97 Å². The van der Waals surface area contributed by atoms with E-state index >= 15 is 0 Å². The summed E-state index contributed by atoms with van der Waals surface area (Å²) in [6.45, 7) is 1.65. The number of esters is 1. The minimum Gasteiger partial charge on any atom is -0.495 e. The number of ether oxygens (including phenoxy) is 2. The topological polar surface area (TPSA) is 59.1 Å². The number of anilines is 1. The fraction of sp³-hybridized carbons (Fsp3) is 0.300. The van der Waals surface area contributed by atoms with Crippen molar-refractivity contribution in [3.05, 3.63) is 59.7 Å². The lowest BCUT2D eigenvalue weighted by Gasteiger charge is -2.36. The number of carbonyl (C=O) groups is 2. The largest absolute Gasteiger partial charge is 0.495 e. The highest BCUT2D eigenvalue weighted by Crippen LogP contribution is 2.28. The van der Waals surface area contributed by atoms with Gasteiger partial charge in [0.1, 0.15) is 17.4 Å². The molecule has 3 rings (SSSR count). The average molecular weight is 390 g/mol. The summed E-state index contributed by atoms with van der Waals surface area (Å²) in [5.74, 6) is -2.31. The number of piperazine rings is 1. The predicted molar refractivity (Wildman–Crippen MR) is 98.4 cm³/mol. The minimum absolute atomic E-state index is 0.272. The monoisotopic (exact) mass is 390 g/mol. The van der Waals surface area contributed by atoms with Crippen LogP contribution in [0.4, 0.5) is 14.5 Å². The highest BCUT2D eigenvalue weighted by atomic mass is 19.1. The number of hydrogen-bond acceptors (Lipinski definition) is 5. The normalized spacial score (nSPS) is 14.0. The number of amides is 1. The van der Waals surface area contributed by atoms with Crippen LogP contribution in [0, 0.1) is 11.6 Å². The Hall–Kier alpha value is -3.16. The molecule has 2 aromatic carbocycles. The number of hydrogen-bond donors (Lipinski definition) is 0. The molecule has 1 aliphatic heterocycles. The van der Waals surface area contributed by atoms with Crippen LogP contribution in [0.25, 0.3) is 0 Å². The molecular formula is C20H20F2N2O4. The summed E-state index contributed by atoms with van der Waals surface area (Å²) in [4.78, 5) is 27.9. The molecule has 0 aromatic heterocycles. The van der Waals surface area contributed by atoms with Crippen molar-refractivity contribution in [3.63, 3.8) is 0 Å². The van der Waals surface area contributed by atoms with Crippen molar-refractivity contribution in [3.8, 4) is 5.75 Å². The second-order valence-electron chi connectivity index (χ2n) is 6.27. The second kappa shape index (κ2) is 8.69. The maximum atomic E-state index is 13.2. The number of para-hydroxylation sites is 2. The van der Waals surface area contributed by atoms with E-state index in [1.807, 2.05) is 24.3 Å². The van der Waals surface area contributed by atoms with E-state index in [2.05, 4.69) is 4.90 Å². The highest BCUT2D eigenvalue weighted by Gasteiger charge is 2.24. The molecule has 28 heavy (non-hydrogen) atoms. The molecule has 0 bridgehead atoms.